The Kier molecular flexibility index (Phi) is 30.9. The summed E-state index contributed by atoms with van der Waals surface area (Å²) >= 11 is 10.6. The first-order valence-corrected chi connectivity index (χ1v) is 42.0. The number of nitrogens with zero attached hydrogens (tertiary/aromatic N) is 3. The zero-order chi connectivity index (χ0) is 86.9. The molecule has 9 aliphatic rings. The third kappa shape index (κ3) is 17.3. The van der Waals surface area contributed by atoms with E-state index in [9.17, 15) is 49.8 Å². The fourth-order valence-corrected chi connectivity index (χ4v) is 20.1. The van der Waals surface area contributed by atoms with Gasteiger partial charge in [0.2, 0.25) is 5.97 Å². The number of ketones is 1. The molecule has 0 bridgehead atoms. The van der Waals surface area contributed by atoms with Gasteiger partial charge in [-0.1, -0.05) is 175 Å². The number of aliphatic hydroxyl groups excluding tert-OH is 3. The van der Waals surface area contributed by atoms with Crippen LogP contribution in [0, 0.1) is 35.5 Å². The van der Waals surface area contributed by atoms with Crippen molar-refractivity contribution in [3.63, 3.8) is 0 Å². The minimum absolute atomic E-state index is 0. The Morgan fingerprint density at radius 2 is 0.732 bits per heavy atom. The maximum atomic E-state index is 13.1. The molecule has 0 unspecified atom stereocenters. The number of halogens is 3. The smallest absolute Gasteiger partial charge is 0.793 e. The van der Waals surface area contributed by atoms with Crippen molar-refractivity contribution in [2.75, 3.05) is 100 Å². The van der Waals surface area contributed by atoms with Gasteiger partial charge >= 0.3 is 41.5 Å². The van der Waals surface area contributed by atoms with Crippen LogP contribution in [0.15, 0.2) is 214 Å². The van der Waals surface area contributed by atoms with Gasteiger partial charge in [-0.25, -0.2) is 19.4 Å². The molecule has 15 atom stereocenters. The monoisotopic (exact) mass is 1880 g/mol. The van der Waals surface area contributed by atoms with Crippen LogP contribution in [0.5, 0.6) is 34.5 Å². The molecule has 28 nitrogen and oxygen atoms in total. The Hall–Kier alpha value is -8.33. The molecule has 3 aliphatic carbocycles. The van der Waals surface area contributed by atoms with Gasteiger partial charge in [0.25, 0.3) is 0 Å². The van der Waals surface area contributed by atoms with Gasteiger partial charge in [0.05, 0.1) is 114 Å². The van der Waals surface area contributed by atoms with Crippen LogP contribution >= 0.6 is 47.8 Å². The second-order valence-electron chi connectivity index (χ2n) is 30.8. The number of fused-ring (bicyclic) bond motifs is 9. The van der Waals surface area contributed by atoms with Gasteiger partial charge in [0.1, 0.15) is 64.5 Å². The van der Waals surface area contributed by atoms with Crippen LogP contribution in [0.2, 0.25) is 0 Å². The number of benzene rings is 6. The fourth-order valence-electron chi connectivity index (χ4n) is 19.4. The number of carbonyl (C=O) groups is 4. The van der Waals surface area contributed by atoms with Crippen LogP contribution in [0.25, 0.3) is 0 Å². The molecule has 3 radical (unpaired) electrons. The summed E-state index contributed by atoms with van der Waals surface area (Å²) in [5.74, 6) is -2.01. The van der Waals surface area contributed by atoms with Crippen LogP contribution in [0.3, 0.4) is 0 Å². The summed E-state index contributed by atoms with van der Waals surface area (Å²) in [5.41, 5.74) is 5.14. The number of hydrogen-bond donors (Lipinski definition) is 9. The molecule has 123 heavy (non-hydrogen) atoms. The molecule has 10 N–H and O–H groups in total. The molecule has 3 saturated heterocycles. The third-order valence-electron chi connectivity index (χ3n) is 24.4. The molecular weight excluding hydrogens is 1790 g/mol. The summed E-state index contributed by atoms with van der Waals surface area (Å²) in [6.45, 7) is 7.50. The zero-order valence-electron chi connectivity index (χ0n) is 68.7. The normalized spacial score (nSPS) is 27.7. The number of nitrogens with one attached hydrogen (secondary N) is 2. The van der Waals surface area contributed by atoms with E-state index < -0.39 is 69.3 Å². The van der Waals surface area contributed by atoms with Crippen molar-refractivity contribution in [3.05, 3.63) is 264 Å². The number of hydrogen-bond acceptors (Lipinski definition) is 28. The van der Waals surface area contributed by atoms with Crippen molar-refractivity contribution < 1.29 is 136 Å². The quantitative estimate of drug-likeness (QED) is 0.0246. The van der Waals surface area contributed by atoms with Gasteiger partial charge in [-0.3, -0.25) is 24.5 Å². The topological polar surface area (TPSA) is 389 Å². The Labute approximate surface area is 760 Å². The van der Waals surface area contributed by atoms with Gasteiger partial charge in [-0.2, -0.15) is 0 Å². The van der Waals surface area contributed by atoms with E-state index in [1.165, 1.54) is 6.92 Å². The van der Waals surface area contributed by atoms with Crippen molar-refractivity contribution in [3.8, 4) is 34.5 Å². The van der Waals surface area contributed by atoms with E-state index in [0.717, 1.165) is 60.6 Å². The van der Waals surface area contributed by atoms with Gasteiger partial charge in [0.15, 0.2) is 22.6 Å². The van der Waals surface area contributed by atoms with E-state index >= 15 is 0 Å². The Morgan fingerprint density at radius 3 is 0.951 bits per heavy atom. The predicted octanol–water partition coefficient (Wildman–Crippen LogP) is 6.24. The summed E-state index contributed by atoms with van der Waals surface area (Å²) in [4.78, 5) is 59.5. The van der Waals surface area contributed by atoms with Crippen LogP contribution in [-0.2, 0) is 81.4 Å². The van der Waals surface area contributed by atoms with E-state index in [0.29, 0.717) is 104 Å². The second kappa shape index (κ2) is 40.5. The van der Waals surface area contributed by atoms with Crippen molar-refractivity contribution >= 4 is 79.5 Å². The van der Waals surface area contributed by atoms with Crippen LogP contribution in [-0.4, -0.2) is 190 Å². The molecule has 3 aromatic heterocycles. The molecule has 9 heterocycles. The Bertz CT molecular complexity index is 4890. The Morgan fingerprint density at radius 1 is 0.455 bits per heavy atom. The first-order valence-electron chi connectivity index (χ1n) is 39.6. The molecule has 643 valence electrons. The second-order valence-corrected chi connectivity index (χ2v) is 33.6. The van der Waals surface area contributed by atoms with Crippen LogP contribution in [0.4, 0.5) is 0 Å². The number of aliphatic hydroxyl groups is 6. The molecule has 0 amide bonds. The summed E-state index contributed by atoms with van der Waals surface area (Å²) in [6.07, 6.45) is 9.72. The van der Waals surface area contributed by atoms with E-state index in [-0.39, 0.29) is 109 Å². The maximum absolute atomic E-state index is 13.1. The fraction of sp³-hybridized carbons (Fsp3) is 0.389. The number of ether oxygens (including phenoxy) is 9. The van der Waals surface area contributed by atoms with Gasteiger partial charge in [-0.15, -0.1) is 0 Å². The average Bonchev–Trinajstić information content (AvgIpc) is 1.51. The summed E-state index contributed by atoms with van der Waals surface area (Å²) in [5, 5.41) is 78.5. The van der Waals surface area contributed by atoms with Crippen molar-refractivity contribution in [1.82, 2.24) is 25.6 Å². The standard InChI is InChI=1S/2C28H29BrN2O5.C25H25BrN2O4.C4H6O4.C3H4O2.C2H3BO2.Na/c2*1-34-23-12-30-13-24-26(23)27(33)22(11-31-20-15-35-16-20)21(14-32)25(17-5-3-2-4-6-17)28(27,36-24)18-7-9-19(29)10-8-18;1-31-20-12-28-13-21-23(20)24(30)19(11-27)18(14-29)22(15-5-3-2-4-6-15)25(24,32-21)16-7-9-17(26)10-8-16;1-3(5)7-8-4(2)6;4-3-1-5-2-3;1-2(4)5-3;/h2*2-10,12-13,20-22,25,31-33H,11,14-16H2,1H3;2-10,12-13,18-19,22,29-30H,11,14,27H2,1H3;1-2H3;1-2H2;1H3;/q;;;;;-1;+1/t2*21-,22-,25+,27+,28-;18-,19-,22+,24+,25-;;;;/m000..../s1. The molecule has 0 spiro atoms. The average molecular weight is 1890 g/mol. The first kappa shape index (κ1) is 93.8. The van der Waals surface area contributed by atoms with Crippen molar-refractivity contribution in [2.24, 2.45) is 41.2 Å². The first-order chi connectivity index (χ1) is 58.9. The zero-order valence-corrected chi connectivity index (χ0v) is 75.5. The number of rotatable bonds is 19. The molecule has 9 aromatic rings. The molecule has 3 saturated carbocycles. The minimum atomic E-state index is -1.55. The number of carbonyl (C=O) groups excluding carboxylic acids is 4. The summed E-state index contributed by atoms with van der Waals surface area (Å²) < 4.78 is 59.2. The SMILES string of the molecule is CC(=O)OOC(C)=O.COc1cncc2c1[C@]1(O)[C@@H](CN)[C@H](CO)[C@@H](c3ccccc3)[C@]1(c1ccc(Br)cc1)O2.COc1cncc2c1[C@]1(O)[C@@H](CNC3COC3)[C@H](CO)[C@@H](c3ccccc3)[C@]1(c1ccc(Br)cc1)O2.COc1cncc2c1[C@]1(O)[C@@H](CNC3COC3)[C@H](CO)[C@@H](c3ccccc3)[C@]1(c1ccc(Br)cc1)O2.O=C1COC1.[B-]OC(C)=O.[Na+]. The van der Waals surface area contributed by atoms with E-state index in [4.69, 9.17) is 43.6 Å². The van der Waals surface area contributed by atoms with E-state index in [2.05, 4.69) is 101 Å². The van der Waals surface area contributed by atoms with Crippen LogP contribution < -0.4 is 74.3 Å². The van der Waals surface area contributed by atoms with Crippen molar-refractivity contribution in [1.29, 1.82) is 0 Å². The molecule has 33 heteroatoms. The molecular formula is C90H96BBr3N6NaO22. The van der Waals surface area contributed by atoms with Crippen LogP contribution in [0.1, 0.15) is 88.6 Å². The van der Waals surface area contributed by atoms with Crippen molar-refractivity contribution in [2.45, 2.75) is 84.2 Å². The summed E-state index contributed by atoms with van der Waals surface area (Å²) in [7, 11) is 9.02. The van der Waals surface area contributed by atoms with Gasteiger partial charge in [0, 0.05) is 120 Å². The van der Waals surface area contributed by atoms with Gasteiger partial charge in [-0.05, 0) is 76.3 Å². The number of aromatic nitrogens is 3. The summed E-state index contributed by atoms with van der Waals surface area (Å²) in [6, 6.07) is 53.9. The predicted molar refractivity (Wildman–Crippen MR) is 454 cm³/mol. The molecule has 6 aliphatic heterocycles. The number of Topliss-reactive ketones (excluding diaryl/α,β-unsaturated/α-hetero) is 1. The number of pyridine rings is 3. The van der Waals surface area contributed by atoms with E-state index in [1.807, 2.05) is 164 Å². The third-order valence-corrected chi connectivity index (χ3v) is 26.0. The Balaban J connectivity index is 0.000000152. The maximum Gasteiger partial charge on any atom is 1.00 e. The molecule has 6 fully saturated rings. The van der Waals surface area contributed by atoms with Gasteiger partial charge < -0.3 is 102 Å². The number of nitrogens with two attached hydrogens (primary N) is 1. The van der Waals surface area contributed by atoms with E-state index in [1.54, 1.807) is 58.5 Å². The largest absolute Gasteiger partial charge is 1.00 e. The number of methoxy groups -OCH3 is 3. The minimum Gasteiger partial charge on any atom is -0.793 e. The molecule has 6 aromatic carbocycles. The molecule has 18 rings (SSSR count).